The standard InChI is InChI=1S/C14H18BrNO/c1-10(17)11-4-5-13(12(15)8-11)16-7-6-14(2,3)9-16/h4-5,8H,6-7,9H2,1-3H3. The SMILES string of the molecule is CC(=O)c1ccc(N2CCC(C)(C)C2)c(Br)c1. The van der Waals surface area contributed by atoms with E-state index in [2.05, 4.69) is 34.7 Å². The highest BCUT2D eigenvalue weighted by Crippen LogP contribution is 2.36. The van der Waals surface area contributed by atoms with Gasteiger partial charge in [0, 0.05) is 23.1 Å². The molecule has 1 fully saturated rings. The average Bonchev–Trinajstić information content (AvgIpc) is 2.58. The number of hydrogen-bond acceptors (Lipinski definition) is 2. The molecule has 1 aliphatic rings. The van der Waals surface area contributed by atoms with Crippen molar-refractivity contribution >= 4 is 27.4 Å². The summed E-state index contributed by atoms with van der Waals surface area (Å²) in [6, 6.07) is 5.87. The van der Waals surface area contributed by atoms with E-state index in [0.29, 0.717) is 5.41 Å². The minimum Gasteiger partial charge on any atom is -0.370 e. The van der Waals surface area contributed by atoms with Crippen LogP contribution >= 0.6 is 15.9 Å². The largest absolute Gasteiger partial charge is 0.370 e. The van der Waals surface area contributed by atoms with E-state index in [1.54, 1.807) is 6.92 Å². The molecule has 0 bridgehead atoms. The Morgan fingerprint density at radius 1 is 1.41 bits per heavy atom. The number of carbonyl (C=O) groups is 1. The number of hydrogen-bond donors (Lipinski definition) is 0. The monoisotopic (exact) mass is 295 g/mol. The fraction of sp³-hybridized carbons (Fsp3) is 0.500. The first kappa shape index (κ1) is 12.6. The molecule has 2 nitrogen and oxygen atoms in total. The number of carbonyl (C=O) groups excluding carboxylic acids is 1. The zero-order chi connectivity index (χ0) is 12.6. The molecule has 0 aromatic heterocycles. The van der Waals surface area contributed by atoms with E-state index in [-0.39, 0.29) is 5.78 Å². The maximum atomic E-state index is 11.3. The van der Waals surface area contributed by atoms with Crippen LogP contribution in [0.5, 0.6) is 0 Å². The van der Waals surface area contributed by atoms with Crippen LogP contribution in [0, 0.1) is 5.41 Å². The molecule has 0 aliphatic carbocycles. The van der Waals surface area contributed by atoms with Crippen molar-refractivity contribution in [1.82, 2.24) is 0 Å². The van der Waals surface area contributed by atoms with E-state index in [1.165, 1.54) is 12.1 Å². The van der Waals surface area contributed by atoms with Gasteiger partial charge in [0.2, 0.25) is 0 Å². The van der Waals surface area contributed by atoms with E-state index in [1.807, 2.05) is 18.2 Å². The summed E-state index contributed by atoms with van der Waals surface area (Å²) in [5.74, 6) is 0.110. The molecule has 1 saturated heterocycles. The Morgan fingerprint density at radius 3 is 2.59 bits per heavy atom. The normalized spacial score (nSPS) is 18.5. The second-order valence-electron chi connectivity index (χ2n) is 5.56. The van der Waals surface area contributed by atoms with E-state index in [9.17, 15) is 4.79 Å². The molecule has 0 unspecified atom stereocenters. The topological polar surface area (TPSA) is 20.3 Å². The molecule has 1 heterocycles. The summed E-state index contributed by atoms with van der Waals surface area (Å²) in [6.45, 7) is 8.35. The summed E-state index contributed by atoms with van der Waals surface area (Å²) in [5, 5.41) is 0. The molecule has 17 heavy (non-hydrogen) atoms. The molecule has 92 valence electrons. The van der Waals surface area contributed by atoms with Crippen LogP contribution in [0.4, 0.5) is 5.69 Å². The summed E-state index contributed by atoms with van der Waals surface area (Å²) < 4.78 is 1.02. The lowest BCUT2D eigenvalue weighted by atomic mass is 9.93. The van der Waals surface area contributed by atoms with Crippen LogP contribution in [-0.2, 0) is 0 Å². The Hall–Kier alpha value is -0.830. The van der Waals surface area contributed by atoms with Gasteiger partial charge in [-0.05, 0) is 52.9 Å². The van der Waals surface area contributed by atoms with Crippen molar-refractivity contribution in [3.8, 4) is 0 Å². The number of rotatable bonds is 2. The van der Waals surface area contributed by atoms with Gasteiger partial charge in [-0.15, -0.1) is 0 Å². The van der Waals surface area contributed by atoms with E-state index < -0.39 is 0 Å². The van der Waals surface area contributed by atoms with Gasteiger partial charge in [-0.3, -0.25) is 4.79 Å². The third-order valence-corrected chi connectivity index (χ3v) is 4.01. The van der Waals surface area contributed by atoms with Crippen molar-refractivity contribution in [2.24, 2.45) is 5.41 Å². The maximum absolute atomic E-state index is 11.3. The van der Waals surface area contributed by atoms with Crippen molar-refractivity contribution in [1.29, 1.82) is 0 Å². The molecule has 1 aromatic rings. The molecule has 0 radical (unpaired) electrons. The second kappa shape index (κ2) is 4.45. The Balaban J connectivity index is 2.26. The lowest BCUT2D eigenvalue weighted by Gasteiger charge is -2.23. The molecule has 0 amide bonds. The molecule has 0 saturated carbocycles. The lowest BCUT2D eigenvalue weighted by Crippen LogP contribution is -2.23. The third kappa shape index (κ3) is 2.71. The van der Waals surface area contributed by atoms with Crippen LogP contribution < -0.4 is 4.90 Å². The van der Waals surface area contributed by atoms with Gasteiger partial charge in [0.25, 0.3) is 0 Å². The first-order chi connectivity index (χ1) is 7.89. The predicted octanol–water partition coefficient (Wildman–Crippen LogP) is 3.89. The first-order valence-electron chi connectivity index (χ1n) is 5.94. The van der Waals surface area contributed by atoms with Crippen LogP contribution in [0.1, 0.15) is 37.6 Å². The zero-order valence-corrected chi connectivity index (χ0v) is 12.2. The Morgan fingerprint density at radius 2 is 2.12 bits per heavy atom. The fourth-order valence-corrected chi connectivity index (χ4v) is 2.93. The van der Waals surface area contributed by atoms with E-state index >= 15 is 0 Å². The first-order valence-corrected chi connectivity index (χ1v) is 6.74. The summed E-state index contributed by atoms with van der Waals surface area (Å²) in [6.07, 6.45) is 1.22. The van der Waals surface area contributed by atoms with Crippen LogP contribution in [0.15, 0.2) is 22.7 Å². The van der Waals surface area contributed by atoms with Crippen molar-refractivity contribution < 1.29 is 4.79 Å². The van der Waals surface area contributed by atoms with Crippen LogP contribution in [-0.4, -0.2) is 18.9 Å². The molecule has 1 aliphatic heterocycles. The summed E-state index contributed by atoms with van der Waals surface area (Å²) in [5.41, 5.74) is 2.35. The van der Waals surface area contributed by atoms with Gasteiger partial charge in [0.1, 0.15) is 0 Å². The predicted molar refractivity (Wildman–Crippen MR) is 74.8 cm³/mol. The number of benzene rings is 1. The van der Waals surface area contributed by atoms with E-state index in [0.717, 1.165) is 23.1 Å². The highest BCUT2D eigenvalue weighted by Gasteiger charge is 2.30. The van der Waals surface area contributed by atoms with Crippen LogP contribution in [0.2, 0.25) is 0 Å². The fourth-order valence-electron chi connectivity index (χ4n) is 2.30. The van der Waals surface area contributed by atoms with Gasteiger partial charge in [-0.25, -0.2) is 0 Å². The van der Waals surface area contributed by atoms with Crippen molar-refractivity contribution in [2.75, 3.05) is 18.0 Å². The van der Waals surface area contributed by atoms with Gasteiger partial charge in [-0.1, -0.05) is 13.8 Å². The minimum atomic E-state index is 0.110. The molecule has 3 heteroatoms. The quantitative estimate of drug-likeness (QED) is 0.772. The highest BCUT2D eigenvalue weighted by molar-refractivity contribution is 9.10. The van der Waals surface area contributed by atoms with Crippen molar-refractivity contribution in [3.05, 3.63) is 28.2 Å². The average molecular weight is 296 g/mol. The molecular weight excluding hydrogens is 278 g/mol. The van der Waals surface area contributed by atoms with Gasteiger partial charge >= 0.3 is 0 Å². The number of halogens is 1. The number of nitrogens with zero attached hydrogens (tertiary/aromatic N) is 1. The van der Waals surface area contributed by atoms with Gasteiger partial charge < -0.3 is 4.90 Å². The number of Topliss-reactive ketones (excluding diaryl/α,β-unsaturated/α-hetero) is 1. The Kier molecular flexibility index (Phi) is 3.30. The van der Waals surface area contributed by atoms with Crippen LogP contribution in [0.3, 0.4) is 0 Å². The van der Waals surface area contributed by atoms with Gasteiger partial charge in [0.05, 0.1) is 5.69 Å². The number of ketones is 1. The zero-order valence-electron chi connectivity index (χ0n) is 10.6. The Labute approximate surface area is 111 Å². The summed E-state index contributed by atoms with van der Waals surface area (Å²) in [7, 11) is 0. The van der Waals surface area contributed by atoms with Gasteiger partial charge in [-0.2, -0.15) is 0 Å². The molecule has 0 atom stereocenters. The Bertz CT molecular complexity index is 454. The molecule has 1 aromatic carbocycles. The van der Waals surface area contributed by atoms with Crippen LogP contribution in [0.25, 0.3) is 0 Å². The summed E-state index contributed by atoms with van der Waals surface area (Å²) >= 11 is 3.57. The number of anilines is 1. The molecular formula is C14H18BrNO. The highest BCUT2D eigenvalue weighted by atomic mass is 79.9. The molecule has 0 spiro atoms. The lowest BCUT2D eigenvalue weighted by molar-refractivity contribution is 0.101. The van der Waals surface area contributed by atoms with E-state index in [4.69, 9.17) is 0 Å². The molecule has 0 N–H and O–H groups in total. The minimum absolute atomic E-state index is 0.110. The molecule has 2 rings (SSSR count). The van der Waals surface area contributed by atoms with Crippen molar-refractivity contribution in [3.63, 3.8) is 0 Å². The summed E-state index contributed by atoms with van der Waals surface area (Å²) in [4.78, 5) is 13.7. The third-order valence-electron chi connectivity index (χ3n) is 3.37. The van der Waals surface area contributed by atoms with Gasteiger partial charge in [0.15, 0.2) is 5.78 Å². The van der Waals surface area contributed by atoms with Crippen molar-refractivity contribution in [2.45, 2.75) is 27.2 Å². The smallest absolute Gasteiger partial charge is 0.159 e. The second-order valence-corrected chi connectivity index (χ2v) is 6.41. The maximum Gasteiger partial charge on any atom is 0.159 e.